The van der Waals surface area contributed by atoms with E-state index in [9.17, 15) is 9.59 Å². The van der Waals surface area contributed by atoms with Crippen LogP contribution in [0.15, 0.2) is 36.5 Å². The van der Waals surface area contributed by atoms with E-state index in [1.165, 1.54) is 6.20 Å². The van der Waals surface area contributed by atoms with Crippen LogP contribution in [-0.2, 0) is 9.59 Å². The minimum Gasteiger partial charge on any atom is -0.478 e. The van der Waals surface area contributed by atoms with Crippen molar-refractivity contribution in [2.45, 2.75) is 0 Å². The third-order valence-electron chi connectivity index (χ3n) is 1.29. The maximum Gasteiger partial charge on any atom is 0.328 e. The number of carbonyl (C=O) groups excluding carboxylic acids is 1. The number of aliphatic carboxylic acids is 1. The van der Waals surface area contributed by atoms with Crippen LogP contribution in [0.3, 0.4) is 0 Å². The predicted molar refractivity (Wildman–Crippen MR) is 49.6 cm³/mol. The molecule has 0 radical (unpaired) electrons. The fraction of sp³-hybridized carbons (Fsp3) is 0. The highest BCUT2D eigenvalue weighted by atomic mass is 16.4. The van der Waals surface area contributed by atoms with Crippen molar-refractivity contribution in [2.75, 3.05) is 5.32 Å². The van der Waals surface area contributed by atoms with Crippen LogP contribution in [-0.4, -0.2) is 22.0 Å². The Balaban J connectivity index is 2.54. The van der Waals surface area contributed by atoms with E-state index in [2.05, 4.69) is 10.3 Å². The maximum absolute atomic E-state index is 11.0. The Bertz CT molecular complexity index is 360. The SMILES string of the molecule is O=C(O)/C=C/C(=O)Nc1ccccn1. The summed E-state index contributed by atoms with van der Waals surface area (Å²) in [6.45, 7) is 0. The Kier molecular flexibility index (Phi) is 3.37. The van der Waals surface area contributed by atoms with E-state index in [-0.39, 0.29) is 0 Å². The van der Waals surface area contributed by atoms with Gasteiger partial charge < -0.3 is 10.4 Å². The van der Waals surface area contributed by atoms with Crippen LogP contribution in [0.4, 0.5) is 5.82 Å². The first-order valence-corrected chi connectivity index (χ1v) is 3.81. The lowest BCUT2D eigenvalue weighted by Crippen LogP contribution is -2.09. The molecular formula is C9H8N2O3. The first-order valence-electron chi connectivity index (χ1n) is 3.81. The molecule has 1 heterocycles. The molecule has 1 rings (SSSR count). The average molecular weight is 192 g/mol. The van der Waals surface area contributed by atoms with Gasteiger partial charge in [0.1, 0.15) is 5.82 Å². The van der Waals surface area contributed by atoms with Gasteiger partial charge in [-0.2, -0.15) is 0 Å². The van der Waals surface area contributed by atoms with E-state index in [0.717, 1.165) is 12.2 Å². The minimum atomic E-state index is -1.17. The monoisotopic (exact) mass is 192 g/mol. The molecule has 0 spiro atoms. The maximum atomic E-state index is 11.0. The second-order valence-corrected chi connectivity index (χ2v) is 2.38. The summed E-state index contributed by atoms with van der Waals surface area (Å²) in [5.41, 5.74) is 0. The molecule has 1 aromatic rings. The van der Waals surface area contributed by atoms with Gasteiger partial charge in [-0.3, -0.25) is 4.79 Å². The number of anilines is 1. The highest BCUT2D eigenvalue weighted by molar-refractivity contribution is 6.01. The van der Waals surface area contributed by atoms with Gasteiger partial charge in [-0.05, 0) is 12.1 Å². The molecule has 14 heavy (non-hydrogen) atoms. The van der Waals surface area contributed by atoms with Gasteiger partial charge in [0.05, 0.1) is 0 Å². The quantitative estimate of drug-likeness (QED) is 0.689. The third kappa shape index (κ3) is 3.48. The Hall–Kier alpha value is -2.17. The van der Waals surface area contributed by atoms with Crippen molar-refractivity contribution in [1.29, 1.82) is 0 Å². The molecule has 0 aliphatic carbocycles. The van der Waals surface area contributed by atoms with Crippen LogP contribution in [0.1, 0.15) is 0 Å². The largest absolute Gasteiger partial charge is 0.478 e. The van der Waals surface area contributed by atoms with Crippen LogP contribution < -0.4 is 5.32 Å². The summed E-state index contributed by atoms with van der Waals surface area (Å²) in [5.74, 6) is -1.31. The van der Waals surface area contributed by atoms with E-state index in [1.807, 2.05) is 0 Å². The first-order chi connectivity index (χ1) is 6.68. The number of rotatable bonds is 3. The Morgan fingerprint density at radius 1 is 1.36 bits per heavy atom. The number of nitrogens with one attached hydrogen (secondary N) is 1. The lowest BCUT2D eigenvalue weighted by Gasteiger charge is -1.98. The molecule has 0 unspecified atom stereocenters. The molecule has 0 saturated carbocycles. The molecule has 1 aromatic heterocycles. The molecule has 0 aromatic carbocycles. The molecule has 2 N–H and O–H groups in total. The average Bonchev–Trinajstić information content (AvgIpc) is 2.16. The lowest BCUT2D eigenvalue weighted by atomic mass is 10.4. The summed E-state index contributed by atoms with van der Waals surface area (Å²) >= 11 is 0. The van der Waals surface area contributed by atoms with Crippen molar-refractivity contribution in [3.8, 4) is 0 Å². The van der Waals surface area contributed by atoms with Gasteiger partial charge in [0.2, 0.25) is 5.91 Å². The molecule has 0 aliphatic heterocycles. The van der Waals surface area contributed by atoms with Gasteiger partial charge in [-0.1, -0.05) is 6.07 Å². The number of nitrogens with zero attached hydrogens (tertiary/aromatic N) is 1. The first kappa shape index (κ1) is 9.91. The second-order valence-electron chi connectivity index (χ2n) is 2.38. The van der Waals surface area contributed by atoms with E-state index in [1.54, 1.807) is 18.2 Å². The van der Waals surface area contributed by atoms with Crippen molar-refractivity contribution in [1.82, 2.24) is 4.98 Å². The van der Waals surface area contributed by atoms with Gasteiger partial charge in [0.15, 0.2) is 0 Å². The van der Waals surface area contributed by atoms with Crippen LogP contribution >= 0.6 is 0 Å². The van der Waals surface area contributed by atoms with E-state index in [0.29, 0.717) is 5.82 Å². The van der Waals surface area contributed by atoms with Gasteiger partial charge in [-0.25, -0.2) is 9.78 Å². The zero-order chi connectivity index (χ0) is 10.4. The number of carbonyl (C=O) groups is 2. The van der Waals surface area contributed by atoms with E-state index in [4.69, 9.17) is 5.11 Å². The van der Waals surface area contributed by atoms with Crippen molar-refractivity contribution in [2.24, 2.45) is 0 Å². The normalized spacial score (nSPS) is 10.0. The summed E-state index contributed by atoms with van der Waals surface area (Å²) in [6.07, 6.45) is 3.21. The molecule has 0 saturated heterocycles. The molecule has 0 aliphatic rings. The summed E-state index contributed by atoms with van der Waals surface area (Å²) in [6, 6.07) is 5.03. The number of pyridine rings is 1. The number of amides is 1. The Labute approximate surface area is 80.1 Å². The third-order valence-corrected chi connectivity index (χ3v) is 1.29. The molecule has 1 amide bonds. The highest BCUT2D eigenvalue weighted by Crippen LogP contribution is 1.99. The molecule has 5 nitrogen and oxygen atoms in total. The number of carboxylic acids is 1. The fourth-order valence-electron chi connectivity index (χ4n) is 0.752. The molecule has 0 fully saturated rings. The van der Waals surface area contributed by atoms with Gasteiger partial charge in [0, 0.05) is 18.3 Å². The minimum absolute atomic E-state index is 0.382. The van der Waals surface area contributed by atoms with Gasteiger partial charge >= 0.3 is 5.97 Å². The van der Waals surface area contributed by atoms with Gasteiger partial charge in [-0.15, -0.1) is 0 Å². The van der Waals surface area contributed by atoms with Crippen LogP contribution in [0, 0.1) is 0 Å². The molecule has 72 valence electrons. The summed E-state index contributed by atoms with van der Waals surface area (Å²) in [7, 11) is 0. The number of carboxylic acid groups (broad SMARTS) is 1. The molecule has 5 heteroatoms. The van der Waals surface area contributed by atoms with Crippen molar-refractivity contribution in [3.05, 3.63) is 36.5 Å². The number of hydrogen-bond acceptors (Lipinski definition) is 3. The summed E-state index contributed by atoms with van der Waals surface area (Å²) < 4.78 is 0. The van der Waals surface area contributed by atoms with Crippen molar-refractivity contribution >= 4 is 17.7 Å². The van der Waals surface area contributed by atoms with E-state index < -0.39 is 11.9 Å². The topological polar surface area (TPSA) is 79.3 Å². The smallest absolute Gasteiger partial charge is 0.328 e. The predicted octanol–water partition coefficient (Wildman–Crippen LogP) is 0.661. The lowest BCUT2D eigenvalue weighted by molar-refractivity contribution is -0.131. The fourth-order valence-corrected chi connectivity index (χ4v) is 0.752. The molecule has 0 bridgehead atoms. The standard InChI is InChI=1S/C9H8N2O3/c12-8(4-5-9(13)14)11-7-3-1-2-6-10-7/h1-6H,(H,13,14)(H,10,11,12)/b5-4+. The second kappa shape index (κ2) is 4.76. The van der Waals surface area contributed by atoms with Gasteiger partial charge in [0.25, 0.3) is 0 Å². The zero-order valence-electron chi connectivity index (χ0n) is 7.18. The molecular weight excluding hydrogens is 184 g/mol. The van der Waals surface area contributed by atoms with Crippen molar-refractivity contribution < 1.29 is 14.7 Å². The molecule has 0 atom stereocenters. The summed E-state index contributed by atoms with van der Waals surface area (Å²) in [5, 5.41) is 10.6. The zero-order valence-corrected chi connectivity index (χ0v) is 7.18. The van der Waals surface area contributed by atoms with Crippen LogP contribution in [0.25, 0.3) is 0 Å². The Morgan fingerprint density at radius 2 is 2.14 bits per heavy atom. The number of aromatic nitrogens is 1. The van der Waals surface area contributed by atoms with Crippen LogP contribution in [0.2, 0.25) is 0 Å². The Morgan fingerprint density at radius 3 is 2.71 bits per heavy atom. The number of hydrogen-bond donors (Lipinski definition) is 2. The summed E-state index contributed by atoms with van der Waals surface area (Å²) in [4.78, 5) is 24.9. The van der Waals surface area contributed by atoms with Crippen molar-refractivity contribution in [3.63, 3.8) is 0 Å². The van der Waals surface area contributed by atoms with E-state index >= 15 is 0 Å². The van der Waals surface area contributed by atoms with Crippen LogP contribution in [0.5, 0.6) is 0 Å². The highest BCUT2D eigenvalue weighted by Gasteiger charge is 1.97.